The third-order valence-electron chi connectivity index (χ3n) is 5.49. The number of nitrogens with zero attached hydrogens (tertiary/aromatic N) is 4. The summed E-state index contributed by atoms with van der Waals surface area (Å²) in [5, 5.41) is 3.83. The highest BCUT2D eigenvalue weighted by atomic mass is 16.7. The summed E-state index contributed by atoms with van der Waals surface area (Å²) in [4.78, 5) is 32.7. The maximum atomic E-state index is 13.4. The first-order chi connectivity index (χ1) is 14.5. The van der Waals surface area contributed by atoms with Crippen molar-refractivity contribution in [2.75, 3.05) is 13.3 Å². The van der Waals surface area contributed by atoms with Crippen LogP contribution in [-0.2, 0) is 0 Å². The summed E-state index contributed by atoms with van der Waals surface area (Å²) in [6, 6.07) is 6.68. The molecule has 2 aromatic heterocycles. The van der Waals surface area contributed by atoms with E-state index in [-0.39, 0.29) is 29.9 Å². The standard InChI is InChI=1S/C21H20N4O5/c1-12-7-9-24(14-5-6-16-17(10-14)29-11-28-16)20(26)18(12)21(27)25-8-3-4-15(25)19-22-13(2)23-30-19/h5-7,9-10,15H,3-4,8,11H2,1-2H3. The van der Waals surface area contributed by atoms with Crippen molar-refractivity contribution in [1.82, 2.24) is 19.6 Å². The lowest BCUT2D eigenvalue weighted by Crippen LogP contribution is -2.37. The van der Waals surface area contributed by atoms with Crippen LogP contribution in [0.3, 0.4) is 0 Å². The number of pyridine rings is 1. The van der Waals surface area contributed by atoms with Crippen LogP contribution in [0.2, 0.25) is 0 Å². The number of carbonyl (C=O) groups is 1. The number of hydrogen-bond acceptors (Lipinski definition) is 7. The number of ether oxygens (including phenoxy) is 2. The molecule has 0 bridgehead atoms. The summed E-state index contributed by atoms with van der Waals surface area (Å²) in [5.41, 5.74) is 0.975. The highest BCUT2D eigenvalue weighted by molar-refractivity contribution is 5.95. The minimum atomic E-state index is -0.383. The van der Waals surface area contributed by atoms with Gasteiger partial charge in [-0.2, -0.15) is 4.98 Å². The van der Waals surface area contributed by atoms with E-state index in [0.717, 1.165) is 12.8 Å². The first kappa shape index (κ1) is 18.4. The molecular weight excluding hydrogens is 388 g/mol. The Morgan fingerprint density at radius 3 is 2.80 bits per heavy atom. The molecule has 9 nitrogen and oxygen atoms in total. The van der Waals surface area contributed by atoms with Crippen LogP contribution in [0.5, 0.6) is 11.5 Å². The number of rotatable bonds is 3. The van der Waals surface area contributed by atoms with Crippen LogP contribution in [0, 0.1) is 13.8 Å². The molecule has 0 N–H and O–H groups in total. The molecule has 154 valence electrons. The molecule has 2 aliphatic heterocycles. The second-order valence-electron chi connectivity index (χ2n) is 7.42. The Morgan fingerprint density at radius 1 is 1.17 bits per heavy atom. The van der Waals surface area contributed by atoms with E-state index in [1.807, 2.05) is 0 Å². The van der Waals surface area contributed by atoms with Crippen molar-refractivity contribution in [2.45, 2.75) is 32.7 Å². The Balaban J connectivity index is 1.53. The minimum absolute atomic E-state index is 0.137. The first-order valence-electron chi connectivity index (χ1n) is 9.76. The van der Waals surface area contributed by atoms with Gasteiger partial charge in [-0.25, -0.2) is 0 Å². The monoisotopic (exact) mass is 408 g/mol. The number of aromatic nitrogens is 3. The van der Waals surface area contributed by atoms with E-state index in [9.17, 15) is 9.59 Å². The van der Waals surface area contributed by atoms with Crippen molar-refractivity contribution in [3.05, 3.63) is 63.7 Å². The normalized spacial score (nSPS) is 17.5. The van der Waals surface area contributed by atoms with E-state index in [4.69, 9.17) is 14.0 Å². The van der Waals surface area contributed by atoms with Crippen LogP contribution in [0.25, 0.3) is 5.69 Å². The van der Waals surface area contributed by atoms with Crippen molar-refractivity contribution in [3.8, 4) is 17.2 Å². The summed E-state index contributed by atoms with van der Waals surface area (Å²) >= 11 is 0. The van der Waals surface area contributed by atoms with Gasteiger partial charge in [-0.05, 0) is 50.5 Å². The molecule has 4 heterocycles. The summed E-state index contributed by atoms with van der Waals surface area (Å²) in [6.07, 6.45) is 3.19. The second kappa shape index (κ2) is 7.01. The molecule has 30 heavy (non-hydrogen) atoms. The van der Waals surface area contributed by atoms with E-state index < -0.39 is 0 Å². The Labute approximate surface area is 171 Å². The van der Waals surface area contributed by atoms with Gasteiger partial charge in [0.25, 0.3) is 11.5 Å². The van der Waals surface area contributed by atoms with Crippen LogP contribution in [0.15, 0.2) is 39.8 Å². The molecule has 1 aromatic carbocycles. The predicted molar refractivity (Wildman–Crippen MR) is 105 cm³/mol. The number of benzene rings is 1. The summed E-state index contributed by atoms with van der Waals surface area (Å²) in [5.74, 6) is 1.79. The zero-order valence-corrected chi connectivity index (χ0v) is 16.6. The molecule has 0 radical (unpaired) electrons. The topological polar surface area (TPSA) is 99.7 Å². The van der Waals surface area contributed by atoms with Crippen molar-refractivity contribution in [3.63, 3.8) is 0 Å². The van der Waals surface area contributed by atoms with E-state index in [2.05, 4.69) is 10.1 Å². The molecule has 0 saturated carbocycles. The second-order valence-corrected chi connectivity index (χ2v) is 7.42. The van der Waals surface area contributed by atoms with Gasteiger partial charge < -0.3 is 18.9 Å². The van der Waals surface area contributed by atoms with Gasteiger partial charge in [0.05, 0.1) is 5.69 Å². The molecule has 1 saturated heterocycles. The molecule has 1 unspecified atom stereocenters. The van der Waals surface area contributed by atoms with E-state index in [1.165, 1.54) is 4.57 Å². The van der Waals surface area contributed by atoms with Gasteiger partial charge >= 0.3 is 0 Å². The van der Waals surface area contributed by atoms with E-state index >= 15 is 0 Å². The maximum absolute atomic E-state index is 13.4. The Morgan fingerprint density at radius 2 is 2.00 bits per heavy atom. The van der Waals surface area contributed by atoms with Crippen LogP contribution in [0.1, 0.15) is 46.5 Å². The molecule has 1 fully saturated rings. The molecule has 0 aliphatic carbocycles. The number of fused-ring (bicyclic) bond motifs is 1. The molecule has 1 atom stereocenters. The fourth-order valence-electron chi connectivity index (χ4n) is 3.98. The fourth-order valence-corrected chi connectivity index (χ4v) is 3.98. The number of carbonyl (C=O) groups excluding carboxylic acids is 1. The van der Waals surface area contributed by atoms with E-state index in [0.29, 0.717) is 41.0 Å². The molecule has 5 rings (SSSR count). The van der Waals surface area contributed by atoms with Crippen LogP contribution in [-0.4, -0.2) is 38.9 Å². The van der Waals surface area contributed by atoms with Gasteiger partial charge in [0.2, 0.25) is 12.7 Å². The van der Waals surface area contributed by atoms with Crippen molar-refractivity contribution in [2.24, 2.45) is 0 Å². The Kier molecular flexibility index (Phi) is 4.30. The van der Waals surface area contributed by atoms with Gasteiger partial charge in [-0.15, -0.1) is 0 Å². The molecule has 3 aromatic rings. The number of hydrogen-bond donors (Lipinski definition) is 0. The lowest BCUT2D eigenvalue weighted by molar-refractivity contribution is 0.0707. The van der Waals surface area contributed by atoms with Gasteiger partial charge in [0, 0.05) is 18.8 Å². The number of amides is 1. The average Bonchev–Trinajstić information content (AvgIpc) is 3.47. The minimum Gasteiger partial charge on any atom is -0.454 e. The number of likely N-dealkylation sites (tertiary alicyclic amines) is 1. The van der Waals surface area contributed by atoms with Crippen LogP contribution < -0.4 is 15.0 Å². The molecular formula is C21H20N4O5. The molecule has 1 amide bonds. The smallest absolute Gasteiger partial charge is 0.268 e. The summed E-state index contributed by atoms with van der Waals surface area (Å²) in [6.45, 7) is 4.18. The number of aryl methyl sites for hydroxylation is 2. The molecule has 2 aliphatic rings. The molecule has 0 spiro atoms. The highest BCUT2D eigenvalue weighted by Gasteiger charge is 2.36. The Hall–Kier alpha value is -3.62. The van der Waals surface area contributed by atoms with Crippen molar-refractivity contribution < 1.29 is 18.8 Å². The van der Waals surface area contributed by atoms with Crippen LogP contribution >= 0.6 is 0 Å². The highest BCUT2D eigenvalue weighted by Crippen LogP contribution is 2.34. The largest absolute Gasteiger partial charge is 0.454 e. The summed E-state index contributed by atoms with van der Waals surface area (Å²) in [7, 11) is 0. The SMILES string of the molecule is Cc1noc(C2CCCN2C(=O)c2c(C)ccn(-c3ccc4c(c3)OCO4)c2=O)n1. The maximum Gasteiger partial charge on any atom is 0.268 e. The predicted octanol–water partition coefficient (Wildman–Crippen LogP) is 2.54. The lowest BCUT2D eigenvalue weighted by atomic mass is 10.1. The van der Waals surface area contributed by atoms with Gasteiger partial charge in [0.1, 0.15) is 11.6 Å². The van der Waals surface area contributed by atoms with Gasteiger partial charge in [-0.1, -0.05) is 5.16 Å². The first-order valence-corrected chi connectivity index (χ1v) is 9.76. The third kappa shape index (κ3) is 2.94. The third-order valence-corrected chi connectivity index (χ3v) is 5.49. The zero-order valence-electron chi connectivity index (χ0n) is 16.6. The lowest BCUT2D eigenvalue weighted by Gasteiger charge is -2.23. The fraction of sp³-hybridized carbons (Fsp3) is 0.333. The summed E-state index contributed by atoms with van der Waals surface area (Å²) < 4.78 is 17.5. The van der Waals surface area contributed by atoms with E-state index in [1.54, 1.807) is 49.2 Å². The zero-order chi connectivity index (χ0) is 20.8. The van der Waals surface area contributed by atoms with Gasteiger partial charge in [-0.3, -0.25) is 14.2 Å². The van der Waals surface area contributed by atoms with Gasteiger partial charge in [0.15, 0.2) is 17.3 Å². The molecule has 9 heteroatoms. The van der Waals surface area contributed by atoms with Crippen molar-refractivity contribution >= 4 is 5.91 Å². The Bertz CT molecular complexity index is 1200. The van der Waals surface area contributed by atoms with Crippen LogP contribution in [0.4, 0.5) is 0 Å². The van der Waals surface area contributed by atoms with Crippen molar-refractivity contribution in [1.29, 1.82) is 0 Å². The quantitative estimate of drug-likeness (QED) is 0.657. The average molecular weight is 408 g/mol.